The van der Waals surface area contributed by atoms with Crippen LogP contribution in [0.15, 0.2) is 16.5 Å². The zero-order valence-corrected chi connectivity index (χ0v) is 14.1. The number of ether oxygens (including phenoxy) is 1. The Hall–Kier alpha value is -1.33. The van der Waals surface area contributed by atoms with Gasteiger partial charge in [-0.2, -0.15) is 0 Å². The molecule has 1 aromatic heterocycles. The van der Waals surface area contributed by atoms with Gasteiger partial charge in [-0.15, -0.1) is 0 Å². The topological polar surface area (TPSA) is 54.7 Å². The predicted molar refractivity (Wildman–Crippen MR) is 87.9 cm³/mol. The molecule has 3 rings (SSSR count). The molecular formula is C18H28N2O3. The van der Waals surface area contributed by atoms with Gasteiger partial charge in [-0.3, -0.25) is 9.69 Å². The minimum Gasteiger partial charge on any atom is -0.462 e. The van der Waals surface area contributed by atoms with Crippen LogP contribution in [0.2, 0.25) is 0 Å². The molecular weight excluding hydrogens is 292 g/mol. The number of rotatable bonds is 5. The second-order valence-electron chi connectivity index (χ2n) is 6.76. The summed E-state index contributed by atoms with van der Waals surface area (Å²) < 4.78 is 11.8. The van der Waals surface area contributed by atoms with E-state index in [0.29, 0.717) is 12.3 Å². The Morgan fingerprint density at radius 2 is 2.09 bits per heavy atom. The molecule has 0 bridgehead atoms. The van der Waals surface area contributed by atoms with E-state index in [0.717, 1.165) is 63.4 Å². The largest absolute Gasteiger partial charge is 0.462 e. The Morgan fingerprint density at radius 3 is 2.78 bits per heavy atom. The molecule has 0 aromatic carbocycles. The summed E-state index contributed by atoms with van der Waals surface area (Å²) in [6.45, 7) is 3.79. The fraction of sp³-hybridized carbons (Fsp3) is 0.722. The maximum absolute atomic E-state index is 11.5. The third kappa shape index (κ3) is 4.58. The molecule has 0 saturated carbocycles. The SMILES string of the molecule is CNC(=O)CC1CCN(Cc2ccc([C@@H]3CCCCO3)o2)CC1. The van der Waals surface area contributed by atoms with Gasteiger partial charge >= 0.3 is 0 Å². The number of hydrogen-bond donors (Lipinski definition) is 1. The van der Waals surface area contributed by atoms with Crippen molar-refractivity contribution >= 4 is 5.91 Å². The van der Waals surface area contributed by atoms with E-state index in [2.05, 4.69) is 22.3 Å². The number of furan rings is 1. The Kier molecular flexibility index (Phi) is 5.73. The first-order chi connectivity index (χ1) is 11.2. The zero-order valence-electron chi connectivity index (χ0n) is 14.1. The predicted octanol–water partition coefficient (Wildman–Crippen LogP) is 2.87. The number of likely N-dealkylation sites (tertiary alicyclic amines) is 1. The summed E-state index contributed by atoms with van der Waals surface area (Å²) in [5.74, 6) is 2.69. The van der Waals surface area contributed by atoms with Gasteiger partial charge in [0.15, 0.2) is 0 Å². The molecule has 0 unspecified atom stereocenters. The Morgan fingerprint density at radius 1 is 1.26 bits per heavy atom. The number of piperidine rings is 1. The summed E-state index contributed by atoms with van der Waals surface area (Å²) in [5, 5.41) is 2.72. The quantitative estimate of drug-likeness (QED) is 0.906. The summed E-state index contributed by atoms with van der Waals surface area (Å²) in [6.07, 6.45) is 6.44. The van der Waals surface area contributed by atoms with E-state index < -0.39 is 0 Å². The van der Waals surface area contributed by atoms with Gasteiger partial charge in [0.05, 0.1) is 6.54 Å². The first-order valence-electron chi connectivity index (χ1n) is 8.87. The highest BCUT2D eigenvalue weighted by molar-refractivity contribution is 5.75. The molecule has 1 atom stereocenters. The van der Waals surface area contributed by atoms with E-state index in [4.69, 9.17) is 9.15 Å². The van der Waals surface area contributed by atoms with Crippen LogP contribution in [0.25, 0.3) is 0 Å². The minimum atomic E-state index is 0.149. The third-order valence-corrected chi connectivity index (χ3v) is 5.02. The van der Waals surface area contributed by atoms with Crippen molar-refractivity contribution in [2.45, 2.75) is 51.2 Å². The maximum atomic E-state index is 11.5. The number of hydrogen-bond acceptors (Lipinski definition) is 4. The van der Waals surface area contributed by atoms with E-state index in [9.17, 15) is 4.79 Å². The second kappa shape index (κ2) is 7.97. The van der Waals surface area contributed by atoms with Gasteiger partial charge in [0.1, 0.15) is 17.6 Å². The summed E-state index contributed by atoms with van der Waals surface area (Å²) in [6, 6.07) is 4.16. The van der Waals surface area contributed by atoms with E-state index >= 15 is 0 Å². The molecule has 1 N–H and O–H groups in total. The second-order valence-corrected chi connectivity index (χ2v) is 6.76. The van der Waals surface area contributed by atoms with Gasteiger partial charge in [0, 0.05) is 20.1 Å². The first-order valence-corrected chi connectivity index (χ1v) is 8.87. The molecule has 3 heterocycles. The summed E-state index contributed by atoms with van der Waals surface area (Å²) in [4.78, 5) is 13.9. The summed E-state index contributed by atoms with van der Waals surface area (Å²) in [7, 11) is 1.71. The number of carbonyl (C=O) groups is 1. The highest BCUT2D eigenvalue weighted by atomic mass is 16.5. The van der Waals surface area contributed by atoms with Crippen molar-refractivity contribution in [1.82, 2.24) is 10.2 Å². The smallest absolute Gasteiger partial charge is 0.220 e. The van der Waals surface area contributed by atoms with Gasteiger partial charge in [-0.1, -0.05) is 0 Å². The van der Waals surface area contributed by atoms with E-state index in [1.54, 1.807) is 7.05 Å². The molecule has 2 saturated heterocycles. The lowest BCUT2D eigenvalue weighted by Gasteiger charge is -2.31. The molecule has 1 amide bonds. The number of amides is 1. The van der Waals surface area contributed by atoms with Crippen molar-refractivity contribution in [3.63, 3.8) is 0 Å². The van der Waals surface area contributed by atoms with Gasteiger partial charge in [0.25, 0.3) is 0 Å². The third-order valence-electron chi connectivity index (χ3n) is 5.02. The van der Waals surface area contributed by atoms with Crippen molar-refractivity contribution in [2.24, 2.45) is 5.92 Å². The van der Waals surface area contributed by atoms with Crippen molar-refractivity contribution < 1.29 is 13.9 Å². The van der Waals surface area contributed by atoms with Crippen LogP contribution in [-0.4, -0.2) is 37.6 Å². The van der Waals surface area contributed by atoms with Crippen LogP contribution in [-0.2, 0) is 16.1 Å². The number of carbonyl (C=O) groups excluding carboxylic acids is 1. The number of nitrogens with zero attached hydrogens (tertiary/aromatic N) is 1. The molecule has 2 aliphatic rings. The Bertz CT molecular complexity index is 500. The average molecular weight is 320 g/mol. The van der Waals surface area contributed by atoms with Crippen LogP contribution in [0.1, 0.15) is 56.1 Å². The van der Waals surface area contributed by atoms with Crippen molar-refractivity contribution in [1.29, 1.82) is 0 Å². The van der Waals surface area contributed by atoms with Crippen molar-refractivity contribution in [3.05, 3.63) is 23.7 Å². The fourth-order valence-corrected chi connectivity index (χ4v) is 3.55. The van der Waals surface area contributed by atoms with E-state index in [1.165, 1.54) is 6.42 Å². The normalized spacial score (nSPS) is 23.8. The standard InChI is InChI=1S/C18H28N2O3/c1-19-18(21)12-14-7-9-20(10-8-14)13-15-5-6-17(23-15)16-4-2-3-11-22-16/h5-6,14,16H,2-4,7-13H2,1H3,(H,19,21)/t16-/m0/s1. The molecule has 5 heteroatoms. The van der Waals surface area contributed by atoms with Crippen LogP contribution in [0.4, 0.5) is 0 Å². The van der Waals surface area contributed by atoms with Gasteiger partial charge < -0.3 is 14.5 Å². The van der Waals surface area contributed by atoms with Crippen LogP contribution in [0.5, 0.6) is 0 Å². The van der Waals surface area contributed by atoms with Gasteiger partial charge in [-0.05, 0) is 63.2 Å². The maximum Gasteiger partial charge on any atom is 0.220 e. The first kappa shape index (κ1) is 16.5. The molecule has 23 heavy (non-hydrogen) atoms. The molecule has 2 fully saturated rings. The van der Waals surface area contributed by atoms with Gasteiger partial charge in [-0.25, -0.2) is 0 Å². The monoisotopic (exact) mass is 320 g/mol. The fourth-order valence-electron chi connectivity index (χ4n) is 3.55. The van der Waals surface area contributed by atoms with Crippen LogP contribution in [0.3, 0.4) is 0 Å². The molecule has 2 aliphatic heterocycles. The molecule has 0 radical (unpaired) electrons. The van der Waals surface area contributed by atoms with Crippen LogP contribution in [0, 0.1) is 5.92 Å². The minimum absolute atomic E-state index is 0.149. The summed E-state index contributed by atoms with van der Waals surface area (Å²) in [5.41, 5.74) is 0. The highest BCUT2D eigenvalue weighted by Crippen LogP contribution is 2.30. The summed E-state index contributed by atoms with van der Waals surface area (Å²) >= 11 is 0. The molecule has 128 valence electrons. The van der Waals surface area contributed by atoms with Crippen molar-refractivity contribution in [2.75, 3.05) is 26.7 Å². The van der Waals surface area contributed by atoms with Crippen LogP contribution < -0.4 is 5.32 Å². The zero-order chi connectivity index (χ0) is 16.1. The van der Waals surface area contributed by atoms with E-state index in [1.807, 2.05) is 0 Å². The highest BCUT2D eigenvalue weighted by Gasteiger charge is 2.23. The lowest BCUT2D eigenvalue weighted by atomic mass is 9.93. The van der Waals surface area contributed by atoms with Crippen molar-refractivity contribution in [3.8, 4) is 0 Å². The number of nitrogens with one attached hydrogen (secondary N) is 1. The Balaban J connectivity index is 1.45. The molecule has 0 aliphatic carbocycles. The molecule has 1 aromatic rings. The lowest BCUT2D eigenvalue weighted by molar-refractivity contribution is -0.121. The van der Waals surface area contributed by atoms with Gasteiger partial charge in [0.2, 0.25) is 5.91 Å². The lowest BCUT2D eigenvalue weighted by Crippen LogP contribution is -2.35. The molecule has 0 spiro atoms. The molecule has 5 nitrogen and oxygen atoms in total. The van der Waals surface area contributed by atoms with E-state index in [-0.39, 0.29) is 12.0 Å². The van der Waals surface area contributed by atoms with Crippen LogP contribution >= 0.6 is 0 Å². The average Bonchev–Trinajstić information content (AvgIpc) is 3.06. The Labute approximate surface area is 138 Å².